The molecule has 2 aromatic heterocycles. The predicted octanol–water partition coefficient (Wildman–Crippen LogP) is 5.98. The highest BCUT2D eigenvalue weighted by atomic mass is 32.2. The molecule has 1 aromatic carbocycles. The number of aromatic nitrogens is 2. The average Bonchev–Trinajstić information content (AvgIpc) is 3.67. The van der Waals surface area contributed by atoms with Crippen LogP contribution in [-0.4, -0.2) is 45.8 Å². The standard InChI is InChI=1S/C29H35N5O3S2/c1-5-24(35)33-22-10-6-9-19-20(22)11-12-21(19)27(36)34-13-7-8-18(16-34)32-28-31-15-26(39-28)38-17-25-30-14-23(37-25)29(2,3)4/h5-6,9-10,14-15,18,21H,1,7-8,11-13,16-17H2,2-4H3,(H,31,32)(H,33,35)/t18-,21?/m1/s1. The number of hydrogen-bond acceptors (Lipinski definition) is 8. The van der Waals surface area contributed by atoms with E-state index >= 15 is 0 Å². The molecular formula is C29H35N5O3S2. The molecule has 39 heavy (non-hydrogen) atoms. The summed E-state index contributed by atoms with van der Waals surface area (Å²) in [5, 5.41) is 7.31. The lowest BCUT2D eigenvalue weighted by atomic mass is 9.94. The number of oxazole rings is 1. The molecule has 2 atom stereocenters. The van der Waals surface area contributed by atoms with Crippen LogP contribution in [0, 0.1) is 0 Å². The number of rotatable bonds is 8. The molecule has 1 saturated heterocycles. The van der Waals surface area contributed by atoms with Gasteiger partial charge in [0.15, 0.2) is 5.13 Å². The van der Waals surface area contributed by atoms with Gasteiger partial charge in [-0.05, 0) is 49.0 Å². The number of carbonyl (C=O) groups excluding carboxylic acids is 2. The summed E-state index contributed by atoms with van der Waals surface area (Å²) < 4.78 is 7.00. The Balaban J connectivity index is 1.17. The third kappa shape index (κ3) is 6.38. The number of likely N-dealkylation sites (tertiary alicyclic amines) is 1. The minimum absolute atomic E-state index is 0.0557. The van der Waals surface area contributed by atoms with Gasteiger partial charge in [-0.3, -0.25) is 9.59 Å². The zero-order chi connectivity index (χ0) is 27.6. The summed E-state index contributed by atoms with van der Waals surface area (Å²) in [6.45, 7) is 11.3. The summed E-state index contributed by atoms with van der Waals surface area (Å²) in [6, 6.07) is 5.98. The second kappa shape index (κ2) is 11.6. The van der Waals surface area contributed by atoms with E-state index in [1.54, 1.807) is 23.1 Å². The molecule has 1 unspecified atom stereocenters. The summed E-state index contributed by atoms with van der Waals surface area (Å²) >= 11 is 3.28. The van der Waals surface area contributed by atoms with Crippen molar-refractivity contribution in [2.75, 3.05) is 23.7 Å². The number of anilines is 2. The van der Waals surface area contributed by atoms with Crippen LogP contribution >= 0.6 is 23.1 Å². The van der Waals surface area contributed by atoms with E-state index in [0.29, 0.717) is 12.3 Å². The normalized spacial score (nSPS) is 19.0. The van der Waals surface area contributed by atoms with Crippen LogP contribution in [0.5, 0.6) is 0 Å². The fourth-order valence-corrected chi connectivity index (χ4v) is 6.95. The van der Waals surface area contributed by atoms with Crippen LogP contribution < -0.4 is 10.6 Å². The van der Waals surface area contributed by atoms with Gasteiger partial charge in [-0.25, -0.2) is 9.97 Å². The second-order valence-corrected chi connectivity index (χ2v) is 13.4. The van der Waals surface area contributed by atoms with Gasteiger partial charge in [0.25, 0.3) is 0 Å². The van der Waals surface area contributed by atoms with E-state index in [1.807, 2.05) is 35.5 Å². The highest BCUT2D eigenvalue weighted by Crippen LogP contribution is 2.39. The number of carbonyl (C=O) groups is 2. The molecule has 0 saturated carbocycles. The monoisotopic (exact) mass is 565 g/mol. The first kappa shape index (κ1) is 27.5. The Bertz CT molecular complexity index is 1360. The van der Waals surface area contributed by atoms with Gasteiger partial charge >= 0.3 is 0 Å². The maximum Gasteiger partial charge on any atom is 0.247 e. The summed E-state index contributed by atoms with van der Waals surface area (Å²) in [6.07, 6.45) is 8.45. The molecule has 8 nitrogen and oxygen atoms in total. The lowest BCUT2D eigenvalue weighted by Crippen LogP contribution is -2.46. The van der Waals surface area contributed by atoms with E-state index in [0.717, 1.165) is 70.0 Å². The fraction of sp³-hybridized carbons (Fsp3) is 0.448. The van der Waals surface area contributed by atoms with Crippen molar-refractivity contribution in [1.82, 2.24) is 14.9 Å². The second-order valence-electron chi connectivity index (χ2n) is 11.1. The number of benzene rings is 1. The van der Waals surface area contributed by atoms with Crippen molar-refractivity contribution in [2.24, 2.45) is 0 Å². The van der Waals surface area contributed by atoms with Crippen molar-refractivity contribution in [3.8, 4) is 0 Å². The molecule has 0 bridgehead atoms. The number of fused-ring (bicyclic) bond motifs is 1. The van der Waals surface area contributed by atoms with Crippen LogP contribution in [0.15, 0.2) is 51.9 Å². The highest BCUT2D eigenvalue weighted by molar-refractivity contribution is 8.00. The third-order valence-electron chi connectivity index (χ3n) is 7.19. The Morgan fingerprint density at radius 1 is 1.26 bits per heavy atom. The lowest BCUT2D eigenvalue weighted by molar-refractivity contribution is -0.133. The maximum absolute atomic E-state index is 13.6. The van der Waals surface area contributed by atoms with Crippen LogP contribution in [0.25, 0.3) is 0 Å². The van der Waals surface area contributed by atoms with E-state index in [-0.39, 0.29) is 29.2 Å². The SMILES string of the molecule is C=CC(=O)Nc1cccc2c1CCC2C(=O)N1CCC[C@@H](Nc2ncc(SCc3ncc(C(C)(C)C)o3)s2)C1. The molecule has 206 valence electrons. The molecule has 3 heterocycles. The molecule has 2 aliphatic rings. The zero-order valence-corrected chi connectivity index (χ0v) is 24.3. The number of thiazole rings is 1. The van der Waals surface area contributed by atoms with Gasteiger partial charge in [-0.1, -0.05) is 50.8 Å². The Labute approximate surface area is 237 Å². The summed E-state index contributed by atoms with van der Waals surface area (Å²) in [5.74, 6) is 2.03. The van der Waals surface area contributed by atoms with E-state index < -0.39 is 0 Å². The van der Waals surface area contributed by atoms with Crippen LogP contribution in [0.3, 0.4) is 0 Å². The summed E-state index contributed by atoms with van der Waals surface area (Å²) in [7, 11) is 0. The summed E-state index contributed by atoms with van der Waals surface area (Å²) in [4.78, 5) is 36.4. The number of thioether (sulfide) groups is 1. The summed E-state index contributed by atoms with van der Waals surface area (Å²) in [5.41, 5.74) is 2.81. The first-order valence-corrected chi connectivity index (χ1v) is 15.2. The molecule has 5 rings (SSSR count). The minimum Gasteiger partial charge on any atom is -0.444 e. The van der Waals surface area contributed by atoms with Crippen molar-refractivity contribution < 1.29 is 14.0 Å². The Morgan fingerprint density at radius 2 is 2.10 bits per heavy atom. The van der Waals surface area contributed by atoms with Crippen LogP contribution in [0.1, 0.15) is 68.7 Å². The highest BCUT2D eigenvalue weighted by Gasteiger charge is 2.35. The predicted molar refractivity (Wildman–Crippen MR) is 156 cm³/mol. The van der Waals surface area contributed by atoms with Crippen molar-refractivity contribution in [3.63, 3.8) is 0 Å². The Kier molecular flexibility index (Phi) is 8.13. The van der Waals surface area contributed by atoms with Gasteiger partial charge in [0.2, 0.25) is 17.7 Å². The molecular weight excluding hydrogens is 530 g/mol. The number of hydrogen-bond donors (Lipinski definition) is 2. The smallest absolute Gasteiger partial charge is 0.247 e. The number of amides is 2. The van der Waals surface area contributed by atoms with Crippen molar-refractivity contribution in [2.45, 2.75) is 73.8 Å². The average molecular weight is 566 g/mol. The minimum atomic E-state index is -0.237. The topological polar surface area (TPSA) is 100 Å². The van der Waals surface area contributed by atoms with Crippen LogP contribution in [0.4, 0.5) is 10.8 Å². The molecule has 1 aliphatic heterocycles. The number of piperidine rings is 1. The van der Waals surface area contributed by atoms with Gasteiger partial charge in [0.1, 0.15) is 5.76 Å². The first-order chi connectivity index (χ1) is 18.7. The van der Waals surface area contributed by atoms with Crippen LogP contribution in [0.2, 0.25) is 0 Å². The molecule has 2 amide bonds. The molecule has 1 fully saturated rings. The largest absolute Gasteiger partial charge is 0.444 e. The van der Waals surface area contributed by atoms with Gasteiger partial charge in [0.05, 0.1) is 28.3 Å². The molecule has 10 heteroatoms. The van der Waals surface area contributed by atoms with E-state index in [4.69, 9.17) is 4.42 Å². The van der Waals surface area contributed by atoms with E-state index in [1.165, 1.54) is 6.08 Å². The molecule has 3 aromatic rings. The first-order valence-electron chi connectivity index (χ1n) is 13.4. The van der Waals surface area contributed by atoms with Gasteiger partial charge in [0, 0.05) is 30.2 Å². The molecule has 0 spiro atoms. The van der Waals surface area contributed by atoms with Crippen LogP contribution in [-0.2, 0) is 27.2 Å². The zero-order valence-electron chi connectivity index (χ0n) is 22.7. The molecule has 0 radical (unpaired) electrons. The number of nitrogens with zero attached hydrogens (tertiary/aromatic N) is 3. The lowest BCUT2D eigenvalue weighted by Gasteiger charge is -2.34. The van der Waals surface area contributed by atoms with Gasteiger partial charge in [-0.15, -0.1) is 11.8 Å². The molecule has 1 aliphatic carbocycles. The molecule has 2 N–H and O–H groups in total. The fourth-order valence-electron chi connectivity index (χ4n) is 5.15. The quantitative estimate of drug-likeness (QED) is 0.256. The van der Waals surface area contributed by atoms with Crippen molar-refractivity contribution >= 4 is 45.7 Å². The number of nitrogens with one attached hydrogen (secondary N) is 2. The third-order valence-corrected chi connectivity index (χ3v) is 9.30. The van der Waals surface area contributed by atoms with Crippen molar-refractivity contribution in [1.29, 1.82) is 0 Å². The van der Waals surface area contributed by atoms with E-state index in [9.17, 15) is 9.59 Å². The van der Waals surface area contributed by atoms with Crippen molar-refractivity contribution in [3.05, 3.63) is 66.0 Å². The Morgan fingerprint density at radius 3 is 2.87 bits per heavy atom. The maximum atomic E-state index is 13.6. The van der Waals surface area contributed by atoms with E-state index in [2.05, 4.69) is 48.0 Å². The van der Waals surface area contributed by atoms with Gasteiger partial charge < -0.3 is 20.0 Å². The Hall–Kier alpha value is -3.11. The van der Waals surface area contributed by atoms with Gasteiger partial charge in [-0.2, -0.15) is 0 Å².